The second kappa shape index (κ2) is 3.23. The molecule has 0 aromatic heterocycles. The monoisotopic (exact) mass is 233 g/mol. The van der Waals surface area contributed by atoms with Crippen LogP contribution >= 0.6 is 0 Å². The standard InChI is InChI=1S/C12H11NO4/c1-16-7-5-8(17-2)9-10-6(7)3-4-13(10)12(15)11(9)14/h5H,3-4H2,1-2H3. The first-order chi connectivity index (χ1) is 8.19. The number of ketones is 1. The Bertz CT molecular complexity index is 550. The van der Waals surface area contributed by atoms with Crippen molar-refractivity contribution in [2.45, 2.75) is 6.42 Å². The van der Waals surface area contributed by atoms with Gasteiger partial charge in [0.15, 0.2) is 0 Å². The summed E-state index contributed by atoms with van der Waals surface area (Å²) in [6.07, 6.45) is 0.717. The van der Waals surface area contributed by atoms with Crippen LogP contribution in [0, 0.1) is 0 Å². The fourth-order valence-corrected chi connectivity index (χ4v) is 2.53. The largest absolute Gasteiger partial charge is 0.496 e. The van der Waals surface area contributed by atoms with Crippen molar-refractivity contribution in [3.8, 4) is 11.5 Å². The third-order valence-electron chi connectivity index (χ3n) is 3.29. The maximum Gasteiger partial charge on any atom is 0.299 e. The number of hydrogen-bond donors (Lipinski definition) is 0. The van der Waals surface area contributed by atoms with Crippen LogP contribution < -0.4 is 14.4 Å². The molecule has 0 saturated heterocycles. The van der Waals surface area contributed by atoms with Gasteiger partial charge in [-0.1, -0.05) is 0 Å². The Balaban J connectivity index is 2.35. The van der Waals surface area contributed by atoms with E-state index in [2.05, 4.69) is 0 Å². The van der Waals surface area contributed by atoms with E-state index in [1.807, 2.05) is 0 Å². The van der Waals surface area contributed by atoms with E-state index in [0.717, 1.165) is 5.56 Å². The van der Waals surface area contributed by atoms with E-state index in [0.29, 0.717) is 35.7 Å². The lowest BCUT2D eigenvalue weighted by atomic mass is 10.0. The zero-order chi connectivity index (χ0) is 12.2. The molecule has 2 aliphatic rings. The van der Waals surface area contributed by atoms with Gasteiger partial charge in [0.25, 0.3) is 11.7 Å². The number of carbonyl (C=O) groups is 2. The normalized spacial score (nSPS) is 16.5. The van der Waals surface area contributed by atoms with E-state index >= 15 is 0 Å². The smallest absolute Gasteiger partial charge is 0.299 e. The first-order valence-corrected chi connectivity index (χ1v) is 5.33. The molecule has 5 nitrogen and oxygen atoms in total. The molecular formula is C12H11NO4. The average Bonchev–Trinajstić information content (AvgIpc) is 2.88. The highest BCUT2D eigenvalue weighted by molar-refractivity contribution is 6.53. The molecule has 1 aromatic rings. The molecule has 3 rings (SSSR count). The topological polar surface area (TPSA) is 55.8 Å². The molecule has 0 radical (unpaired) electrons. The van der Waals surface area contributed by atoms with Gasteiger partial charge in [0.2, 0.25) is 0 Å². The number of carbonyl (C=O) groups excluding carboxylic acids is 2. The molecule has 1 amide bonds. The molecule has 1 aromatic carbocycles. The Labute approximate surface area is 97.9 Å². The molecule has 0 unspecified atom stereocenters. The highest BCUT2D eigenvalue weighted by Gasteiger charge is 2.44. The van der Waals surface area contributed by atoms with Crippen molar-refractivity contribution in [2.75, 3.05) is 25.7 Å². The van der Waals surface area contributed by atoms with Gasteiger partial charge in [-0.25, -0.2) is 0 Å². The highest BCUT2D eigenvalue weighted by Crippen LogP contribution is 2.47. The Hall–Kier alpha value is -2.04. The number of anilines is 1. The van der Waals surface area contributed by atoms with E-state index < -0.39 is 11.7 Å². The summed E-state index contributed by atoms with van der Waals surface area (Å²) >= 11 is 0. The van der Waals surface area contributed by atoms with Crippen LogP contribution in [0.3, 0.4) is 0 Å². The lowest BCUT2D eigenvalue weighted by Crippen LogP contribution is -2.28. The zero-order valence-electron chi connectivity index (χ0n) is 9.57. The van der Waals surface area contributed by atoms with E-state index in [1.54, 1.807) is 13.2 Å². The minimum atomic E-state index is -0.486. The minimum Gasteiger partial charge on any atom is -0.496 e. The Morgan fingerprint density at radius 1 is 1.18 bits per heavy atom. The van der Waals surface area contributed by atoms with Crippen LogP contribution in [0.5, 0.6) is 11.5 Å². The van der Waals surface area contributed by atoms with Gasteiger partial charge in [-0.15, -0.1) is 0 Å². The quantitative estimate of drug-likeness (QED) is 0.709. The predicted octanol–water partition coefficient (Wildman–Crippen LogP) is 0.789. The van der Waals surface area contributed by atoms with Crippen molar-refractivity contribution in [2.24, 2.45) is 0 Å². The average molecular weight is 233 g/mol. The number of methoxy groups -OCH3 is 2. The summed E-state index contributed by atoms with van der Waals surface area (Å²) in [7, 11) is 3.05. The molecule has 0 fully saturated rings. The molecule has 2 aliphatic heterocycles. The van der Waals surface area contributed by atoms with Crippen molar-refractivity contribution in [3.63, 3.8) is 0 Å². The number of ether oxygens (including phenoxy) is 2. The lowest BCUT2D eigenvalue weighted by molar-refractivity contribution is -0.114. The number of hydrogen-bond acceptors (Lipinski definition) is 4. The number of amides is 1. The molecule has 0 spiro atoms. The minimum absolute atomic E-state index is 0.380. The molecule has 0 atom stereocenters. The molecule has 0 aliphatic carbocycles. The van der Waals surface area contributed by atoms with Crippen molar-refractivity contribution in [1.29, 1.82) is 0 Å². The van der Waals surface area contributed by atoms with Crippen LogP contribution in [0.1, 0.15) is 15.9 Å². The van der Waals surface area contributed by atoms with Gasteiger partial charge in [0.1, 0.15) is 11.5 Å². The summed E-state index contributed by atoms with van der Waals surface area (Å²) in [6, 6.07) is 1.67. The second-order valence-electron chi connectivity index (χ2n) is 4.02. The third kappa shape index (κ3) is 1.08. The highest BCUT2D eigenvalue weighted by atomic mass is 16.5. The molecule has 2 heterocycles. The summed E-state index contributed by atoms with van der Waals surface area (Å²) in [4.78, 5) is 25.1. The maximum atomic E-state index is 11.9. The van der Waals surface area contributed by atoms with Crippen molar-refractivity contribution >= 4 is 17.4 Å². The molecule has 0 saturated carbocycles. The lowest BCUT2D eigenvalue weighted by Gasteiger charge is -2.12. The molecule has 0 N–H and O–H groups in total. The first kappa shape index (κ1) is 10.1. The number of nitrogens with zero attached hydrogens (tertiary/aromatic N) is 1. The van der Waals surface area contributed by atoms with E-state index in [4.69, 9.17) is 9.47 Å². The van der Waals surface area contributed by atoms with Gasteiger partial charge in [0, 0.05) is 18.2 Å². The predicted molar refractivity (Wildman–Crippen MR) is 59.9 cm³/mol. The fraction of sp³-hybridized carbons (Fsp3) is 0.333. The van der Waals surface area contributed by atoms with Crippen LogP contribution in [-0.2, 0) is 11.2 Å². The van der Waals surface area contributed by atoms with Crippen molar-refractivity contribution in [3.05, 3.63) is 17.2 Å². The van der Waals surface area contributed by atoms with Crippen molar-refractivity contribution < 1.29 is 19.1 Å². The second-order valence-corrected chi connectivity index (χ2v) is 4.02. The van der Waals surface area contributed by atoms with Crippen LogP contribution in [0.15, 0.2) is 6.07 Å². The van der Waals surface area contributed by atoms with Gasteiger partial charge in [-0.3, -0.25) is 9.59 Å². The summed E-state index contributed by atoms with van der Waals surface area (Å²) in [5, 5.41) is 0. The van der Waals surface area contributed by atoms with Gasteiger partial charge in [-0.2, -0.15) is 0 Å². The van der Waals surface area contributed by atoms with Gasteiger partial charge < -0.3 is 14.4 Å². The van der Waals surface area contributed by atoms with Gasteiger partial charge >= 0.3 is 0 Å². The zero-order valence-corrected chi connectivity index (χ0v) is 9.57. The van der Waals surface area contributed by atoms with Crippen LogP contribution in [0.25, 0.3) is 0 Å². The Morgan fingerprint density at radius 3 is 2.53 bits per heavy atom. The summed E-state index contributed by atoms with van der Waals surface area (Å²) in [5.74, 6) is 0.125. The first-order valence-electron chi connectivity index (χ1n) is 5.33. The van der Waals surface area contributed by atoms with Crippen LogP contribution in [0.2, 0.25) is 0 Å². The summed E-state index contributed by atoms with van der Waals surface area (Å²) in [5.41, 5.74) is 1.98. The molecule has 0 bridgehead atoms. The SMILES string of the molecule is COc1cc(OC)c2c3c1CCN3C(=O)C2=O. The number of Topliss-reactive ketones (excluding diaryl/α,β-unsaturated/α-hetero) is 1. The van der Waals surface area contributed by atoms with E-state index in [-0.39, 0.29) is 0 Å². The maximum absolute atomic E-state index is 11.9. The molecule has 5 heteroatoms. The Kier molecular flexibility index (Phi) is 1.92. The third-order valence-corrected chi connectivity index (χ3v) is 3.29. The van der Waals surface area contributed by atoms with E-state index in [9.17, 15) is 9.59 Å². The number of rotatable bonds is 2. The van der Waals surface area contributed by atoms with Crippen molar-refractivity contribution in [1.82, 2.24) is 0 Å². The van der Waals surface area contributed by atoms with Gasteiger partial charge in [0.05, 0.1) is 25.5 Å². The molecule has 17 heavy (non-hydrogen) atoms. The molecule has 88 valence electrons. The van der Waals surface area contributed by atoms with Crippen LogP contribution in [0.4, 0.5) is 5.69 Å². The summed E-state index contributed by atoms with van der Waals surface area (Å²) in [6.45, 7) is 0.538. The van der Waals surface area contributed by atoms with E-state index in [1.165, 1.54) is 12.0 Å². The Morgan fingerprint density at radius 2 is 1.88 bits per heavy atom. The van der Waals surface area contributed by atoms with Gasteiger partial charge in [-0.05, 0) is 6.42 Å². The number of benzene rings is 1. The molecular weight excluding hydrogens is 222 g/mol. The summed E-state index contributed by atoms with van der Waals surface area (Å²) < 4.78 is 10.4. The fourth-order valence-electron chi connectivity index (χ4n) is 2.53. The van der Waals surface area contributed by atoms with Crippen LogP contribution in [-0.4, -0.2) is 32.5 Å².